The Balaban J connectivity index is 1.19. The third-order valence-corrected chi connectivity index (χ3v) is 6.96. The smallest absolute Gasteiger partial charge is 0.408 e. The Morgan fingerprint density at radius 1 is 1.14 bits per heavy atom. The van der Waals surface area contributed by atoms with Gasteiger partial charge in [-0.1, -0.05) is 0 Å². The zero-order valence-electron chi connectivity index (χ0n) is 22.9. The summed E-state index contributed by atoms with van der Waals surface area (Å²) >= 11 is 0. The first-order valence-corrected chi connectivity index (χ1v) is 13.5. The summed E-state index contributed by atoms with van der Waals surface area (Å²) in [5.41, 5.74) is 1.54. The molecule has 1 saturated carbocycles. The van der Waals surface area contributed by atoms with Gasteiger partial charge in [-0.25, -0.2) is 28.5 Å². The Morgan fingerprint density at radius 2 is 1.95 bits per heavy atom. The molecule has 0 saturated heterocycles. The van der Waals surface area contributed by atoms with Crippen molar-refractivity contribution in [1.82, 2.24) is 35.6 Å². The van der Waals surface area contributed by atoms with Crippen LogP contribution in [0.5, 0.6) is 0 Å². The fourth-order valence-corrected chi connectivity index (χ4v) is 4.78. The molecule has 13 nitrogen and oxygen atoms in total. The van der Waals surface area contributed by atoms with Crippen molar-refractivity contribution in [3.8, 4) is 11.4 Å². The largest absolute Gasteiger partial charge is 0.480 e. The number of hydrogen-bond acceptors (Lipinski definition) is 9. The first kappa shape index (κ1) is 29.3. The third-order valence-electron chi connectivity index (χ3n) is 6.96. The predicted octanol–water partition coefficient (Wildman–Crippen LogP) is 3.55. The molecule has 43 heavy (non-hydrogen) atoms. The highest BCUT2D eigenvalue weighted by atomic mass is 19.1. The van der Waals surface area contributed by atoms with E-state index in [1.54, 1.807) is 12.3 Å². The molecule has 0 radical (unpaired) electrons. The molecule has 0 aliphatic heterocycles. The van der Waals surface area contributed by atoms with Crippen LogP contribution < -0.4 is 16.0 Å². The first-order chi connectivity index (χ1) is 20.7. The number of alkyl carbamates (subject to hydrolysis) is 1. The Labute approximate surface area is 243 Å². The Bertz CT molecular complexity index is 1670. The molecule has 0 bridgehead atoms. The van der Waals surface area contributed by atoms with Crippen LogP contribution in [0.3, 0.4) is 0 Å². The summed E-state index contributed by atoms with van der Waals surface area (Å²) < 4.78 is 33.5. The summed E-state index contributed by atoms with van der Waals surface area (Å²) in [6.07, 6.45) is 6.93. The maximum atomic E-state index is 14.7. The van der Waals surface area contributed by atoms with Crippen molar-refractivity contribution in [2.24, 2.45) is 0 Å². The number of H-pyrrole nitrogens is 1. The van der Waals surface area contributed by atoms with Gasteiger partial charge in [0.05, 0.1) is 12.4 Å². The number of anilines is 1. The number of halogens is 2. The standard InChI is InChI=1S/C28H28F2N8O5/c1-14(27(40)41)35-28(42)43-13-15-5-6-31-22(7-15)26(39)37-18-4-2-3-17(9-18)36-25-21(30)12-34-24(38-25)20-11-33-23-19(20)8-16(29)10-32-23/h5-8,10-12,14,17-18H,2-4,9,13H2,1H3,(H,32,33)(H,35,42)(H,37,39)(H,40,41)(H,34,36,38)/t14-,17-,18+/m0/s1. The Hall–Kier alpha value is -5.21. The molecular formula is C28H28F2N8O5. The number of fused-ring (bicyclic) bond motifs is 1. The molecular weight excluding hydrogens is 566 g/mol. The van der Waals surface area contributed by atoms with Crippen molar-refractivity contribution in [2.75, 3.05) is 5.32 Å². The normalized spacial score (nSPS) is 17.2. The molecule has 15 heteroatoms. The maximum absolute atomic E-state index is 14.7. The van der Waals surface area contributed by atoms with Crippen molar-refractivity contribution in [3.63, 3.8) is 0 Å². The number of aromatic amines is 1. The van der Waals surface area contributed by atoms with Crippen LogP contribution >= 0.6 is 0 Å². The third kappa shape index (κ3) is 7.17. The average Bonchev–Trinajstić information content (AvgIpc) is 3.40. The van der Waals surface area contributed by atoms with Gasteiger partial charge in [-0.2, -0.15) is 0 Å². The van der Waals surface area contributed by atoms with Crippen LogP contribution in [0, 0.1) is 11.6 Å². The lowest BCUT2D eigenvalue weighted by molar-refractivity contribution is -0.138. The average molecular weight is 595 g/mol. The molecule has 3 atom stereocenters. The van der Waals surface area contributed by atoms with E-state index in [2.05, 4.69) is 40.9 Å². The van der Waals surface area contributed by atoms with E-state index >= 15 is 0 Å². The van der Waals surface area contributed by atoms with Gasteiger partial charge in [-0.05, 0) is 56.4 Å². The van der Waals surface area contributed by atoms with Gasteiger partial charge in [0.25, 0.3) is 5.91 Å². The van der Waals surface area contributed by atoms with Crippen LogP contribution in [0.1, 0.15) is 48.7 Å². The van der Waals surface area contributed by atoms with Gasteiger partial charge in [-0.3, -0.25) is 14.6 Å². The summed E-state index contributed by atoms with van der Waals surface area (Å²) in [6.45, 7) is 1.12. The number of nitrogens with one attached hydrogen (secondary N) is 4. The van der Waals surface area contributed by atoms with E-state index in [-0.39, 0.29) is 36.0 Å². The monoisotopic (exact) mass is 594 g/mol. The highest BCUT2D eigenvalue weighted by Gasteiger charge is 2.26. The van der Waals surface area contributed by atoms with Crippen LogP contribution in [0.2, 0.25) is 0 Å². The van der Waals surface area contributed by atoms with Crippen LogP contribution in [-0.2, 0) is 16.1 Å². The predicted molar refractivity (Wildman–Crippen MR) is 149 cm³/mol. The van der Waals surface area contributed by atoms with Crippen molar-refractivity contribution in [1.29, 1.82) is 0 Å². The topological polar surface area (TPSA) is 184 Å². The lowest BCUT2D eigenvalue weighted by atomic mass is 9.91. The van der Waals surface area contributed by atoms with E-state index in [1.807, 2.05) is 0 Å². The maximum Gasteiger partial charge on any atom is 0.408 e. The minimum Gasteiger partial charge on any atom is -0.480 e. The van der Waals surface area contributed by atoms with Crippen molar-refractivity contribution in [3.05, 3.63) is 65.9 Å². The van der Waals surface area contributed by atoms with Gasteiger partial charge >= 0.3 is 12.1 Å². The number of aliphatic carboxylic acids is 1. The lowest BCUT2D eigenvalue weighted by Gasteiger charge is -2.30. The van der Waals surface area contributed by atoms with Crippen molar-refractivity contribution in [2.45, 2.75) is 57.3 Å². The summed E-state index contributed by atoms with van der Waals surface area (Å²) in [5.74, 6) is -2.59. The molecule has 0 aromatic carbocycles. The number of ether oxygens (including phenoxy) is 1. The SMILES string of the molecule is C[C@H](NC(=O)OCc1ccnc(C(=O)N[C@@H]2CCC[C@H](Nc3nc(-c4c[nH]c5ncc(F)cc45)ncc3F)C2)c1)C(=O)O. The molecule has 1 aliphatic carbocycles. The summed E-state index contributed by atoms with van der Waals surface area (Å²) in [7, 11) is 0. The molecule has 4 aromatic rings. The lowest BCUT2D eigenvalue weighted by Crippen LogP contribution is -2.42. The number of rotatable bonds is 9. The van der Waals surface area contributed by atoms with Crippen molar-refractivity contribution >= 4 is 34.8 Å². The second-order valence-corrected chi connectivity index (χ2v) is 10.2. The number of carboxylic acid groups (broad SMARTS) is 1. The zero-order valence-corrected chi connectivity index (χ0v) is 22.9. The number of carbonyl (C=O) groups excluding carboxylic acids is 2. The van der Waals surface area contributed by atoms with Crippen LogP contribution in [0.15, 0.2) is 43.0 Å². The van der Waals surface area contributed by atoms with Crippen LogP contribution in [0.4, 0.5) is 19.4 Å². The van der Waals surface area contributed by atoms with E-state index in [4.69, 9.17) is 9.84 Å². The van der Waals surface area contributed by atoms with Gasteiger partial charge in [0.15, 0.2) is 17.5 Å². The van der Waals surface area contributed by atoms with E-state index in [0.717, 1.165) is 25.2 Å². The van der Waals surface area contributed by atoms with Gasteiger partial charge < -0.3 is 30.8 Å². The van der Waals surface area contributed by atoms with Gasteiger partial charge in [0, 0.05) is 35.4 Å². The Kier molecular flexibility index (Phi) is 8.69. The molecule has 4 aromatic heterocycles. The fourth-order valence-electron chi connectivity index (χ4n) is 4.78. The number of amides is 2. The zero-order chi connectivity index (χ0) is 30.5. The summed E-state index contributed by atoms with van der Waals surface area (Å²) in [6, 6.07) is 2.81. The minimum atomic E-state index is -1.20. The summed E-state index contributed by atoms with van der Waals surface area (Å²) in [5, 5.41) is 17.6. The van der Waals surface area contributed by atoms with E-state index in [1.165, 1.54) is 25.3 Å². The summed E-state index contributed by atoms with van der Waals surface area (Å²) in [4.78, 5) is 55.1. The molecule has 1 fully saturated rings. The van der Waals surface area contributed by atoms with Gasteiger partial charge in [0.1, 0.15) is 29.8 Å². The van der Waals surface area contributed by atoms with Crippen LogP contribution in [0.25, 0.3) is 22.4 Å². The highest BCUT2D eigenvalue weighted by Crippen LogP contribution is 2.28. The molecule has 0 spiro atoms. The van der Waals surface area contributed by atoms with E-state index in [0.29, 0.717) is 35.0 Å². The van der Waals surface area contributed by atoms with Crippen molar-refractivity contribution < 1.29 is 33.0 Å². The van der Waals surface area contributed by atoms with Gasteiger partial charge in [0.2, 0.25) is 0 Å². The molecule has 224 valence electrons. The number of pyridine rings is 2. The number of aromatic nitrogens is 5. The minimum absolute atomic E-state index is 0.00292. The Morgan fingerprint density at radius 3 is 2.77 bits per heavy atom. The molecule has 0 unspecified atom stereocenters. The molecule has 4 heterocycles. The van der Waals surface area contributed by atoms with E-state index in [9.17, 15) is 23.2 Å². The molecule has 5 N–H and O–H groups in total. The highest BCUT2D eigenvalue weighted by molar-refractivity contribution is 5.93. The van der Waals surface area contributed by atoms with Gasteiger partial charge in [-0.15, -0.1) is 0 Å². The number of nitrogens with zero attached hydrogens (tertiary/aromatic N) is 4. The second-order valence-electron chi connectivity index (χ2n) is 10.2. The second kappa shape index (κ2) is 12.8. The molecule has 1 aliphatic rings. The molecule has 5 rings (SSSR count). The molecule has 2 amide bonds. The number of hydrogen-bond donors (Lipinski definition) is 5. The number of carbonyl (C=O) groups is 3. The van der Waals surface area contributed by atoms with Crippen LogP contribution in [-0.4, -0.2) is 66.1 Å². The number of carboxylic acids is 1. The first-order valence-electron chi connectivity index (χ1n) is 13.5. The van der Waals surface area contributed by atoms with E-state index < -0.39 is 35.6 Å². The quantitative estimate of drug-likeness (QED) is 0.192. The fraction of sp³-hybridized carbons (Fsp3) is 0.321.